The SMILES string of the molecule is CNC1CC(=O)N(c2ccc(SC(C)C)cc2)C1. The van der Waals surface area contributed by atoms with Gasteiger partial charge in [0.25, 0.3) is 0 Å². The van der Waals surface area contributed by atoms with Crippen molar-refractivity contribution in [3.8, 4) is 0 Å². The molecule has 1 atom stereocenters. The summed E-state index contributed by atoms with van der Waals surface area (Å²) < 4.78 is 0. The van der Waals surface area contributed by atoms with Crippen LogP contribution in [-0.2, 0) is 4.79 Å². The zero-order valence-corrected chi connectivity index (χ0v) is 12.0. The van der Waals surface area contributed by atoms with E-state index in [-0.39, 0.29) is 11.9 Å². The quantitative estimate of drug-likeness (QED) is 0.848. The van der Waals surface area contributed by atoms with Gasteiger partial charge in [-0.1, -0.05) is 13.8 Å². The number of rotatable bonds is 4. The Hall–Kier alpha value is -1.00. The molecule has 0 radical (unpaired) electrons. The summed E-state index contributed by atoms with van der Waals surface area (Å²) in [5.74, 6) is 0.207. The van der Waals surface area contributed by atoms with Gasteiger partial charge in [-0.25, -0.2) is 0 Å². The summed E-state index contributed by atoms with van der Waals surface area (Å²) in [4.78, 5) is 15.0. The van der Waals surface area contributed by atoms with Crippen LogP contribution in [0.25, 0.3) is 0 Å². The van der Waals surface area contributed by atoms with Crippen molar-refractivity contribution in [2.24, 2.45) is 0 Å². The monoisotopic (exact) mass is 264 g/mol. The first kappa shape index (κ1) is 13.4. The van der Waals surface area contributed by atoms with Gasteiger partial charge >= 0.3 is 0 Å². The van der Waals surface area contributed by atoms with Gasteiger partial charge in [0.1, 0.15) is 0 Å². The average molecular weight is 264 g/mol. The number of hydrogen-bond donors (Lipinski definition) is 1. The Morgan fingerprint density at radius 3 is 2.50 bits per heavy atom. The summed E-state index contributed by atoms with van der Waals surface area (Å²) in [5.41, 5.74) is 1.01. The molecule has 3 nitrogen and oxygen atoms in total. The summed E-state index contributed by atoms with van der Waals surface area (Å²) in [7, 11) is 1.91. The molecular weight excluding hydrogens is 244 g/mol. The number of thioether (sulfide) groups is 1. The van der Waals surface area contributed by atoms with Gasteiger partial charge in [-0.3, -0.25) is 4.79 Å². The first-order valence-electron chi connectivity index (χ1n) is 6.34. The van der Waals surface area contributed by atoms with Crippen LogP contribution in [0.15, 0.2) is 29.2 Å². The first-order valence-corrected chi connectivity index (χ1v) is 7.22. The molecule has 0 aromatic heterocycles. The molecule has 0 bridgehead atoms. The highest BCUT2D eigenvalue weighted by Gasteiger charge is 2.29. The minimum absolute atomic E-state index is 0.207. The highest BCUT2D eigenvalue weighted by molar-refractivity contribution is 7.99. The van der Waals surface area contributed by atoms with Crippen LogP contribution in [0.5, 0.6) is 0 Å². The molecular formula is C14H20N2OS. The third-order valence-electron chi connectivity index (χ3n) is 3.05. The lowest BCUT2D eigenvalue weighted by atomic mass is 10.3. The zero-order chi connectivity index (χ0) is 13.1. The second-order valence-electron chi connectivity index (χ2n) is 4.85. The van der Waals surface area contributed by atoms with E-state index in [1.54, 1.807) is 0 Å². The fourth-order valence-corrected chi connectivity index (χ4v) is 2.96. The maximum absolute atomic E-state index is 11.9. The topological polar surface area (TPSA) is 32.3 Å². The number of amides is 1. The molecule has 1 aromatic carbocycles. The van der Waals surface area contributed by atoms with Crippen molar-refractivity contribution in [1.29, 1.82) is 0 Å². The van der Waals surface area contributed by atoms with Gasteiger partial charge in [-0.2, -0.15) is 0 Å². The van der Waals surface area contributed by atoms with E-state index in [2.05, 4.69) is 31.3 Å². The van der Waals surface area contributed by atoms with Crippen molar-refractivity contribution >= 4 is 23.4 Å². The summed E-state index contributed by atoms with van der Waals surface area (Å²) >= 11 is 1.84. The van der Waals surface area contributed by atoms with Crippen LogP contribution in [0.3, 0.4) is 0 Å². The highest BCUT2D eigenvalue weighted by atomic mass is 32.2. The Balaban J connectivity index is 2.08. The van der Waals surface area contributed by atoms with Crippen LogP contribution in [0.1, 0.15) is 20.3 Å². The van der Waals surface area contributed by atoms with Crippen molar-refractivity contribution < 1.29 is 4.79 Å². The molecule has 1 saturated heterocycles. The van der Waals surface area contributed by atoms with E-state index < -0.39 is 0 Å². The number of anilines is 1. The zero-order valence-electron chi connectivity index (χ0n) is 11.1. The molecule has 18 heavy (non-hydrogen) atoms. The van der Waals surface area contributed by atoms with E-state index in [9.17, 15) is 4.79 Å². The number of benzene rings is 1. The van der Waals surface area contributed by atoms with Crippen molar-refractivity contribution in [1.82, 2.24) is 5.32 Å². The number of carbonyl (C=O) groups excluding carboxylic acids is 1. The van der Waals surface area contributed by atoms with E-state index >= 15 is 0 Å². The van der Waals surface area contributed by atoms with Crippen LogP contribution >= 0.6 is 11.8 Å². The minimum atomic E-state index is 0.207. The molecule has 0 saturated carbocycles. The molecule has 4 heteroatoms. The lowest BCUT2D eigenvalue weighted by molar-refractivity contribution is -0.117. The third kappa shape index (κ3) is 3.06. The van der Waals surface area contributed by atoms with E-state index in [0.29, 0.717) is 11.7 Å². The van der Waals surface area contributed by atoms with Crippen molar-refractivity contribution in [2.75, 3.05) is 18.5 Å². The molecule has 0 spiro atoms. The maximum atomic E-state index is 11.9. The van der Waals surface area contributed by atoms with E-state index in [1.165, 1.54) is 4.90 Å². The van der Waals surface area contributed by atoms with E-state index in [4.69, 9.17) is 0 Å². The lowest BCUT2D eigenvalue weighted by Gasteiger charge is -2.17. The second kappa shape index (κ2) is 5.76. The largest absolute Gasteiger partial charge is 0.315 e. The van der Waals surface area contributed by atoms with Gasteiger partial charge in [-0.05, 0) is 31.3 Å². The van der Waals surface area contributed by atoms with Crippen molar-refractivity contribution in [3.05, 3.63) is 24.3 Å². The molecule has 0 aliphatic carbocycles. The van der Waals surface area contributed by atoms with Gasteiger partial charge in [0.05, 0.1) is 0 Å². The molecule has 1 N–H and O–H groups in total. The van der Waals surface area contributed by atoms with Crippen LogP contribution in [0.2, 0.25) is 0 Å². The van der Waals surface area contributed by atoms with Crippen molar-refractivity contribution in [2.45, 2.75) is 36.5 Å². The smallest absolute Gasteiger partial charge is 0.228 e. The van der Waals surface area contributed by atoms with Crippen LogP contribution in [0, 0.1) is 0 Å². The lowest BCUT2D eigenvalue weighted by Crippen LogP contribution is -2.30. The molecule has 1 aliphatic rings. The number of nitrogens with zero attached hydrogens (tertiary/aromatic N) is 1. The van der Waals surface area contributed by atoms with Crippen LogP contribution in [0.4, 0.5) is 5.69 Å². The predicted octanol–water partition coefficient (Wildman–Crippen LogP) is 2.51. The summed E-state index contributed by atoms with van der Waals surface area (Å²) in [6, 6.07) is 8.56. The molecule has 2 rings (SSSR count). The molecule has 1 aromatic rings. The Morgan fingerprint density at radius 1 is 1.33 bits per heavy atom. The Kier molecular flexibility index (Phi) is 4.30. The molecule has 1 unspecified atom stereocenters. The minimum Gasteiger partial charge on any atom is -0.315 e. The second-order valence-corrected chi connectivity index (χ2v) is 6.50. The Morgan fingerprint density at radius 2 is 2.00 bits per heavy atom. The van der Waals surface area contributed by atoms with Crippen LogP contribution in [-0.4, -0.2) is 30.8 Å². The summed E-state index contributed by atoms with van der Waals surface area (Å²) in [6.45, 7) is 5.13. The fraction of sp³-hybridized carbons (Fsp3) is 0.500. The summed E-state index contributed by atoms with van der Waals surface area (Å²) in [5, 5.41) is 3.75. The molecule has 1 aliphatic heterocycles. The molecule has 1 fully saturated rings. The summed E-state index contributed by atoms with van der Waals surface area (Å²) in [6.07, 6.45) is 0.596. The van der Waals surface area contributed by atoms with Crippen molar-refractivity contribution in [3.63, 3.8) is 0 Å². The Labute approximate surface area is 113 Å². The third-order valence-corrected chi connectivity index (χ3v) is 4.07. The van der Waals surface area contributed by atoms with Gasteiger partial charge < -0.3 is 10.2 Å². The van der Waals surface area contributed by atoms with Gasteiger partial charge in [0.15, 0.2) is 0 Å². The highest BCUT2D eigenvalue weighted by Crippen LogP contribution is 2.27. The Bertz CT molecular complexity index is 416. The molecule has 1 amide bonds. The average Bonchev–Trinajstić information content (AvgIpc) is 2.71. The van der Waals surface area contributed by atoms with Gasteiger partial charge in [0, 0.05) is 34.8 Å². The number of hydrogen-bond acceptors (Lipinski definition) is 3. The normalized spacial score (nSPS) is 19.9. The van der Waals surface area contributed by atoms with Crippen LogP contribution < -0.4 is 10.2 Å². The fourth-order valence-electron chi connectivity index (χ4n) is 2.13. The van der Waals surface area contributed by atoms with E-state index in [1.807, 2.05) is 35.8 Å². The molecule has 1 heterocycles. The van der Waals surface area contributed by atoms with Gasteiger partial charge in [-0.15, -0.1) is 11.8 Å². The number of carbonyl (C=O) groups is 1. The predicted molar refractivity (Wildman–Crippen MR) is 77.3 cm³/mol. The van der Waals surface area contributed by atoms with Gasteiger partial charge in [0.2, 0.25) is 5.91 Å². The number of likely N-dealkylation sites (N-methyl/N-ethyl adjacent to an activating group) is 1. The first-order chi connectivity index (χ1) is 8.60. The number of nitrogens with one attached hydrogen (secondary N) is 1. The van der Waals surface area contributed by atoms with E-state index in [0.717, 1.165) is 12.2 Å². The maximum Gasteiger partial charge on any atom is 0.228 e. The standard InChI is InChI=1S/C14H20N2OS/c1-10(2)18-13-6-4-12(5-7-13)16-9-11(15-3)8-14(16)17/h4-7,10-11,15H,8-9H2,1-3H3. The molecule has 98 valence electrons.